The molecule has 4 heteroatoms. The van der Waals surface area contributed by atoms with Crippen LogP contribution in [0, 0.1) is 0 Å². The summed E-state index contributed by atoms with van der Waals surface area (Å²) >= 11 is 0. The Balaban J connectivity index is 2.56. The molecule has 0 aliphatic carbocycles. The van der Waals surface area contributed by atoms with E-state index >= 15 is 0 Å². The molecule has 57 valence electrons. The van der Waals surface area contributed by atoms with Crippen molar-refractivity contribution in [3.63, 3.8) is 0 Å². The largest absolute Gasteiger partial charge is 0.330 e. The van der Waals surface area contributed by atoms with E-state index in [4.69, 9.17) is 0 Å². The Kier molecular flexibility index (Phi) is 2.60. The Labute approximate surface area is 66.3 Å². The van der Waals surface area contributed by atoms with Gasteiger partial charge in [-0.2, -0.15) is 0 Å². The van der Waals surface area contributed by atoms with Gasteiger partial charge in [0.1, 0.15) is 0 Å². The van der Waals surface area contributed by atoms with Crippen molar-refractivity contribution >= 4 is 19.4 Å². The van der Waals surface area contributed by atoms with Crippen molar-refractivity contribution in [1.29, 1.82) is 0 Å². The van der Waals surface area contributed by atoms with E-state index in [2.05, 4.69) is 0 Å². The highest BCUT2D eigenvalue weighted by Gasteiger charge is 2.15. The molecule has 0 atom stereocenters. The molecular weight excluding hydrogens is 141 g/mol. The van der Waals surface area contributed by atoms with E-state index in [1.807, 2.05) is 6.92 Å². The summed E-state index contributed by atoms with van der Waals surface area (Å²) in [6.07, 6.45) is 2.32. The summed E-state index contributed by atoms with van der Waals surface area (Å²) in [4.78, 5) is 22.7. The second-order valence-corrected chi connectivity index (χ2v) is 2.65. The highest BCUT2D eigenvalue weighted by molar-refractivity contribution is 6.64. The molecule has 0 saturated heterocycles. The summed E-state index contributed by atoms with van der Waals surface area (Å²) in [7, 11) is 1.40. The lowest BCUT2D eigenvalue weighted by Gasteiger charge is -2.21. The molecule has 1 aliphatic rings. The molecule has 0 amide bonds. The summed E-state index contributed by atoms with van der Waals surface area (Å²) in [5.41, 5.74) is 0.999. The third kappa shape index (κ3) is 2.31. The van der Waals surface area contributed by atoms with Gasteiger partial charge in [0.15, 0.2) is 5.78 Å². The molecule has 0 unspecified atom stereocenters. The minimum Gasteiger partial charge on any atom is -0.330 e. The van der Waals surface area contributed by atoms with E-state index in [9.17, 15) is 9.59 Å². The van der Waals surface area contributed by atoms with Crippen LogP contribution in [0.3, 0.4) is 0 Å². The van der Waals surface area contributed by atoms with Gasteiger partial charge in [-0.15, -0.1) is 0 Å². The first-order valence-electron chi connectivity index (χ1n) is 3.45. The fraction of sp³-hybridized carbons (Fsp3) is 0.429. The molecule has 0 spiro atoms. The number of hydrogen-bond donors (Lipinski definition) is 0. The Morgan fingerprint density at radius 3 is 2.91 bits per heavy atom. The van der Waals surface area contributed by atoms with Crippen LogP contribution in [0.5, 0.6) is 0 Å². The predicted molar refractivity (Wildman–Crippen MR) is 42.8 cm³/mol. The van der Waals surface area contributed by atoms with Crippen molar-refractivity contribution in [1.82, 2.24) is 4.81 Å². The van der Waals surface area contributed by atoms with E-state index in [1.54, 1.807) is 10.9 Å². The summed E-state index contributed by atoms with van der Waals surface area (Å²) in [5, 5.41) is 0. The summed E-state index contributed by atoms with van der Waals surface area (Å²) < 4.78 is 0. The van der Waals surface area contributed by atoms with Gasteiger partial charge in [-0.25, -0.2) is 0 Å². The van der Waals surface area contributed by atoms with Crippen molar-refractivity contribution in [2.45, 2.75) is 6.92 Å². The molecule has 1 rings (SSSR count). The molecule has 0 aromatic carbocycles. The van der Waals surface area contributed by atoms with Gasteiger partial charge >= 0.3 is 0 Å². The maximum absolute atomic E-state index is 10.9. The lowest BCUT2D eigenvalue weighted by atomic mass is 9.91. The van der Waals surface area contributed by atoms with Gasteiger partial charge in [0.05, 0.1) is 12.7 Å². The maximum atomic E-state index is 10.9. The van der Waals surface area contributed by atoms with Crippen LogP contribution in [0.2, 0.25) is 0 Å². The van der Waals surface area contributed by atoms with Crippen molar-refractivity contribution < 1.29 is 9.59 Å². The minimum atomic E-state index is 0.0619. The average Bonchev–Trinajstić information content (AvgIpc) is 1.85. The molecular formula is C7H9BNO2. The topological polar surface area (TPSA) is 37.4 Å². The summed E-state index contributed by atoms with van der Waals surface area (Å²) in [6.45, 7) is 2.89. The van der Waals surface area contributed by atoms with Crippen LogP contribution in [-0.2, 0) is 9.59 Å². The summed E-state index contributed by atoms with van der Waals surface area (Å²) in [6, 6.07) is 0. The van der Waals surface area contributed by atoms with Crippen LogP contribution in [0.15, 0.2) is 11.6 Å². The van der Waals surface area contributed by atoms with Gasteiger partial charge < -0.3 is 9.61 Å². The first kappa shape index (κ1) is 8.20. The molecule has 0 saturated carbocycles. The fourth-order valence-corrected chi connectivity index (χ4v) is 1.13. The van der Waals surface area contributed by atoms with Gasteiger partial charge in [0, 0.05) is 6.54 Å². The van der Waals surface area contributed by atoms with E-state index < -0.39 is 0 Å². The SMILES string of the molecule is CC1=CC(=O)CN([B]C=O)C1. The van der Waals surface area contributed by atoms with Crippen molar-refractivity contribution in [2.24, 2.45) is 0 Å². The van der Waals surface area contributed by atoms with E-state index in [1.165, 1.54) is 7.41 Å². The van der Waals surface area contributed by atoms with Crippen LogP contribution < -0.4 is 0 Å². The maximum Gasteiger partial charge on any atom is 0.293 e. The van der Waals surface area contributed by atoms with Crippen LogP contribution >= 0.6 is 0 Å². The zero-order valence-electron chi connectivity index (χ0n) is 6.41. The molecule has 0 bridgehead atoms. The number of hydrogen-bond acceptors (Lipinski definition) is 3. The smallest absolute Gasteiger partial charge is 0.293 e. The molecule has 0 fully saturated rings. The Hall–Kier alpha value is -0.895. The Bertz CT molecular complexity index is 212. The van der Waals surface area contributed by atoms with E-state index in [0.29, 0.717) is 19.3 Å². The molecule has 1 radical (unpaired) electrons. The summed E-state index contributed by atoms with van der Waals surface area (Å²) in [5.74, 6) is 0.0619. The molecule has 0 aromatic rings. The standard InChI is InChI=1S/C7H9BNO2/c1-6-2-7(11)4-9(3-6)8-5-10/h2,5H,3-4H2,1H3. The first-order valence-corrected chi connectivity index (χ1v) is 3.45. The van der Waals surface area contributed by atoms with Crippen molar-refractivity contribution in [3.8, 4) is 0 Å². The molecule has 1 heterocycles. The zero-order valence-corrected chi connectivity index (χ0v) is 6.41. The van der Waals surface area contributed by atoms with Crippen molar-refractivity contribution in [3.05, 3.63) is 11.6 Å². The lowest BCUT2D eigenvalue weighted by molar-refractivity contribution is -0.115. The minimum absolute atomic E-state index is 0.0619. The van der Waals surface area contributed by atoms with E-state index in [0.717, 1.165) is 5.57 Å². The van der Waals surface area contributed by atoms with Gasteiger partial charge in [-0.05, 0) is 13.0 Å². The number of carbonyl (C=O) groups excluding carboxylic acids is 2. The Morgan fingerprint density at radius 2 is 2.36 bits per heavy atom. The molecule has 11 heavy (non-hydrogen) atoms. The highest BCUT2D eigenvalue weighted by Crippen LogP contribution is 2.03. The average molecular weight is 150 g/mol. The molecule has 3 nitrogen and oxygen atoms in total. The Morgan fingerprint density at radius 1 is 1.64 bits per heavy atom. The van der Waals surface area contributed by atoms with Gasteiger partial charge in [0.25, 0.3) is 7.41 Å². The van der Waals surface area contributed by atoms with Crippen LogP contribution in [-0.4, -0.2) is 37.3 Å². The molecule has 0 aromatic heterocycles. The van der Waals surface area contributed by atoms with Crippen molar-refractivity contribution in [2.75, 3.05) is 13.1 Å². The highest BCUT2D eigenvalue weighted by atomic mass is 16.1. The predicted octanol–water partition coefficient (Wildman–Crippen LogP) is -0.373. The third-order valence-electron chi connectivity index (χ3n) is 1.49. The third-order valence-corrected chi connectivity index (χ3v) is 1.49. The van der Waals surface area contributed by atoms with Gasteiger partial charge in [-0.3, -0.25) is 4.79 Å². The normalized spacial score (nSPS) is 19.4. The monoisotopic (exact) mass is 150 g/mol. The number of nitrogens with zero attached hydrogens (tertiary/aromatic N) is 1. The second kappa shape index (κ2) is 3.48. The van der Waals surface area contributed by atoms with E-state index in [-0.39, 0.29) is 5.78 Å². The lowest BCUT2D eigenvalue weighted by Crippen LogP contribution is -2.38. The van der Waals surface area contributed by atoms with Gasteiger partial charge in [-0.1, -0.05) is 5.57 Å². The van der Waals surface area contributed by atoms with Gasteiger partial charge in [0.2, 0.25) is 0 Å². The first-order chi connectivity index (χ1) is 5.22. The van der Waals surface area contributed by atoms with Crippen LogP contribution in [0.1, 0.15) is 6.92 Å². The quantitative estimate of drug-likeness (QED) is 0.398. The fourth-order valence-electron chi connectivity index (χ4n) is 1.13. The number of carbonyl (C=O) groups is 2. The molecule has 1 aliphatic heterocycles. The number of rotatable bonds is 2. The molecule has 0 N–H and O–H groups in total. The van der Waals surface area contributed by atoms with Crippen LogP contribution in [0.25, 0.3) is 0 Å². The number of ketones is 1. The zero-order chi connectivity index (χ0) is 8.27. The van der Waals surface area contributed by atoms with Crippen LogP contribution in [0.4, 0.5) is 0 Å². The second-order valence-electron chi connectivity index (χ2n) is 2.65.